The highest BCUT2D eigenvalue weighted by Crippen LogP contribution is 2.41. The molecule has 0 N–H and O–H groups in total. The molecule has 0 amide bonds. The van der Waals surface area contributed by atoms with Crippen LogP contribution in [0.4, 0.5) is 0 Å². The van der Waals surface area contributed by atoms with E-state index in [-0.39, 0.29) is 0 Å². The molecule has 50 heavy (non-hydrogen) atoms. The standard InChI is InChI=1S/C47H31N3/c1-3-11-32(12-4-1)34-21-24-37(25-22-34)49-44-26-23-36(30-41(44)42-31-48-28-27-45(42)49)39-18-10-20-46-47(39)40-17-7-8-19-43(40)50(46)38-16-9-15-35(29-38)33-13-5-2-6-14-33/h1-31H. The van der Waals surface area contributed by atoms with Gasteiger partial charge in [-0.25, -0.2) is 0 Å². The second-order valence-corrected chi connectivity index (χ2v) is 12.8. The molecule has 0 aliphatic heterocycles. The summed E-state index contributed by atoms with van der Waals surface area (Å²) in [4.78, 5) is 4.57. The molecule has 0 unspecified atom stereocenters. The van der Waals surface area contributed by atoms with Crippen molar-refractivity contribution in [1.29, 1.82) is 0 Å². The number of rotatable bonds is 5. The van der Waals surface area contributed by atoms with Gasteiger partial charge in [0.1, 0.15) is 0 Å². The number of para-hydroxylation sites is 1. The lowest BCUT2D eigenvalue weighted by Gasteiger charge is -2.11. The zero-order valence-corrected chi connectivity index (χ0v) is 27.2. The van der Waals surface area contributed by atoms with Crippen molar-refractivity contribution >= 4 is 43.6 Å². The van der Waals surface area contributed by atoms with E-state index in [1.165, 1.54) is 60.6 Å². The molecule has 10 rings (SSSR count). The van der Waals surface area contributed by atoms with E-state index in [9.17, 15) is 0 Å². The van der Waals surface area contributed by atoms with Crippen LogP contribution in [0.15, 0.2) is 188 Å². The average molecular weight is 638 g/mol. The van der Waals surface area contributed by atoms with Gasteiger partial charge in [0, 0.05) is 45.3 Å². The predicted molar refractivity (Wildman–Crippen MR) is 209 cm³/mol. The minimum absolute atomic E-state index is 1.13. The Hall–Kier alpha value is -6.71. The van der Waals surface area contributed by atoms with Crippen molar-refractivity contribution in [3.8, 4) is 44.8 Å². The minimum Gasteiger partial charge on any atom is -0.309 e. The highest BCUT2D eigenvalue weighted by Gasteiger charge is 2.18. The third kappa shape index (κ3) is 4.48. The number of benzene rings is 7. The van der Waals surface area contributed by atoms with Crippen LogP contribution in [-0.2, 0) is 0 Å². The molecule has 0 atom stereocenters. The Morgan fingerprint density at radius 3 is 1.76 bits per heavy atom. The van der Waals surface area contributed by atoms with Crippen molar-refractivity contribution in [2.75, 3.05) is 0 Å². The van der Waals surface area contributed by atoms with Gasteiger partial charge in [-0.05, 0) is 88.0 Å². The SMILES string of the molecule is c1ccc(-c2ccc(-n3c4ccncc4c4cc(-c5cccc6c5c5ccccc5n6-c5cccc(-c6ccccc6)c5)ccc43)cc2)cc1. The van der Waals surface area contributed by atoms with Gasteiger partial charge in [-0.3, -0.25) is 4.98 Å². The maximum absolute atomic E-state index is 4.57. The lowest BCUT2D eigenvalue weighted by molar-refractivity contribution is 1.17. The zero-order chi connectivity index (χ0) is 33.0. The minimum atomic E-state index is 1.13. The molecular weight excluding hydrogens is 607 g/mol. The topological polar surface area (TPSA) is 22.8 Å². The molecule has 0 fully saturated rings. The number of hydrogen-bond acceptors (Lipinski definition) is 1. The van der Waals surface area contributed by atoms with Crippen LogP contribution >= 0.6 is 0 Å². The van der Waals surface area contributed by atoms with Crippen LogP contribution in [0.1, 0.15) is 0 Å². The smallest absolute Gasteiger partial charge is 0.0571 e. The molecule has 0 radical (unpaired) electrons. The molecule has 3 aromatic heterocycles. The summed E-state index contributed by atoms with van der Waals surface area (Å²) in [6, 6.07) is 63.4. The predicted octanol–water partition coefficient (Wildman–Crippen LogP) is 12.3. The number of fused-ring (bicyclic) bond motifs is 6. The number of aromatic nitrogens is 3. The summed E-state index contributed by atoms with van der Waals surface area (Å²) in [7, 11) is 0. The van der Waals surface area contributed by atoms with E-state index in [4.69, 9.17) is 0 Å². The third-order valence-corrected chi connectivity index (χ3v) is 10.0. The maximum atomic E-state index is 4.57. The lowest BCUT2D eigenvalue weighted by atomic mass is 9.98. The first-order chi connectivity index (χ1) is 24.8. The Labute approximate surface area is 290 Å². The van der Waals surface area contributed by atoms with Gasteiger partial charge in [-0.2, -0.15) is 0 Å². The van der Waals surface area contributed by atoms with Gasteiger partial charge in [0.05, 0.1) is 22.1 Å². The summed E-state index contributed by atoms with van der Waals surface area (Å²) in [6.07, 6.45) is 3.89. The van der Waals surface area contributed by atoms with E-state index in [1.54, 1.807) is 0 Å². The third-order valence-electron chi connectivity index (χ3n) is 10.0. The summed E-state index contributed by atoms with van der Waals surface area (Å²) in [6.45, 7) is 0. The van der Waals surface area contributed by atoms with Crippen LogP contribution in [0.5, 0.6) is 0 Å². The first-order valence-electron chi connectivity index (χ1n) is 17.0. The van der Waals surface area contributed by atoms with Crippen LogP contribution in [0, 0.1) is 0 Å². The van der Waals surface area contributed by atoms with Gasteiger partial charge in [-0.1, -0.05) is 121 Å². The quantitative estimate of drug-likeness (QED) is 0.184. The van der Waals surface area contributed by atoms with Crippen molar-refractivity contribution in [3.05, 3.63) is 188 Å². The zero-order valence-electron chi connectivity index (χ0n) is 27.2. The lowest BCUT2D eigenvalue weighted by Crippen LogP contribution is -1.94. The second-order valence-electron chi connectivity index (χ2n) is 12.8. The van der Waals surface area contributed by atoms with Gasteiger partial charge in [0.25, 0.3) is 0 Å². The summed E-state index contributed by atoms with van der Waals surface area (Å²) in [5, 5.41) is 4.83. The Morgan fingerprint density at radius 1 is 0.340 bits per heavy atom. The molecule has 3 heterocycles. The molecule has 3 nitrogen and oxygen atoms in total. The molecule has 0 spiro atoms. The van der Waals surface area contributed by atoms with Crippen molar-refractivity contribution < 1.29 is 0 Å². The molecule has 0 bridgehead atoms. The Morgan fingerprint density at radius 2 is 0.940 bits per heavy atom. The molecule has 0 aliphatic rings. The van der Waals surface area contributed by atoms with Crippen LogP contribution < -0.4 is 0 Å². The van der Waals surface area contributed by atoms with E-state index >= 15 is 0 Å². The first kappa shape index (κ1) is 28.3. The van der Waals surface area contributed by atoms with Crippen molar-refractivity contribution in [2.45, 2.75) is 0 Å². The van der Waals surface area contributed by atoms with Gasteiger partial charge in [0.2, 0.25) is 0 Å². The maximum Gasteiger partial charge on any atom is 0.0571 e. The normalized spacial score (nSPS) is 11.6. The van der Waals surface area contributed by atoms with E-state index in [2.05, 4.69) is 190 Å². The van der Waals surface area contributed by atoms with Crippen molar-refractivity contribution in [2.24, 2.45) is 0 Å². The fourth-order valence-electron chi connectivity index (χ4n) is 7.74. The van der Waals surface area contributed by atoms with E-state index in [0.717, 1.165) is 27.8 Å². The molecule has 234 valence electrons. The van der Waals surface area contributed by atoms with Gasteiger partial charge < -0.3 is 9.13 Å². The van der Waals surface area contributed by atoms with Crippen LogP contribution in [0.3, 0.4) is 0 Å². The Bertz CT molecular complexity index is 2840. The van der Waals surface area contributed by atoms with Gasteiger partial charge in [-0.15, -0.1) is 0 Å². The Kier molecular flexibility index (Phi) is 6.49. The number of pyridine rings is 1. The van der Waals surface area contributed by atoms with E-state index in [0.29, 0.717) is 0 Å². The van der Waals surface area contributed by atoms with E-state index < -0.39 is 0 Å². The van der Waals surface area contributed by atoms with Gasteiger partial charge in [0.15, 0.2) is 0 Å². The summed E-state index contributed by atoms with van der Waals surface area (Å²) in [5.74, 6) is 0. The fraction of sp³-hybridized carbons (Fsp3) is 0. The monoisotopic (exact) mass is 637 g/mol. The van der Waals surface area contributed by atoms with Crippen LogP contribution in [0.2, 0.25) is 0 Å². The molecular formula is C47H31N3. The highest BCUT2D eigenvalue weighted by molar-refractivity contribution is 6.17. The number of nitrogens with zero attached hydrogens (tertiary/aromatic N) is 3. The first-order valence-corrected chi connectivity index (χ1v) is 17.0. The molecule has 10 aromatic rings. The second kappa shape index (κ2) is 11.5. The molecule has 0 saturated heterocycles. The van der Waals surface area contributed by atoms with Crippen LogP contribution in [0.25, 0.3) is 88.4 Å². The summed E-state index contributed by atoms with van der Waals surface area (Å²) >= 11 is 0. The van der Waals surface area contributed by atoms with Crippen LogP contribution in [-0.4, -0.2) is 14.1 Å². The molecule has 3 heteroatoms. The van der Waals surface area contributed by atoms with E-state index in [1.807, 2.05) is 12.4 Å². The fourth-order valence-corrected chi connectivity index (χ4v) is 7.74. The van der Waals surface area contributed by atoms with Crippen molar-refractivity contribution in [1.82, 2.24) is 14.1 Å². The molecule has 0 saturated carbocycles. The summed E-state index contributed by atoms with van der Waals surface area (Å²) < 4.78 is 4.77. The average Bonchev–Trinajstić information content (AvgIpc) is 3.71. The van der Waals surface area contributed by atoms with Crippen molar-refractivity contribution in [3.63, 3.8) is 0 Å². The summed E-state index contributed by atoms with van der Waals surface area (Å²) in [5.41, 5.74) is 14.2. The molecule has 7 aromatic carbocycles. The van der Waals surface area contributed by atoms with Gasteiger partial charge >= 0.3 is 0 Å². The highest BCUT2D eigenvalue weighted by atomic mass is 15.0. The largest absolute Gasteiger partial charge is 0.309 e. The molecule has 0 aliphatic carbocycles. The Balaban J connectivity index is 1.15. The number of hydrogen-bond donors (Lipinski definition) is 0.